The van der Waals surface area contributed by atoms with Gasteiger partial charge in [0.15, 0.2) is 0 Å². The molecule has 9 heteroatoms. The molecule has 186 valence electrons. The molecule has 8 nitrogen and oxygen atoms in total. The number of hydrogen-bond donors (Lipinski definition) is 0. The number of piperazine rings is 1. The zero-order chi connectivity index (χ0) is 24.6. The number of amides is 2. The molecule has 3 aliphatic rings. The van der Waals surface area contributed by atoms with E-state index in [9.17, 15) is 14.0 Å². The Morgan fingerprint density at radius 3 is 2.58 bits per heavy atom. The fourth-order valence-electron chi connectivity index (χ4n) is 5.24. The minimum absolute atomic E-state index is 0.0153. The summed E-state index contributed by atoms with van der Waals surface area (Å²) in [7, 11) is 0. The van der Waals surface area contributed by atoms with Crippen molar-refractivity contribution in [3.63, 3.8) is 0 Å². The maximum absolute atomic E-state index is 14.1. The van der Waals surface area contributed by atoms with Crippen LogP contribution in [0, 0.1) is 11.7 Å². The van der Waals surface area contributed by atoms with Gasteiger partial charge in [-0.3, -0.25) is 9.59 Å². The van der Waals surface area contributed by atoms with E-state index in [1.807, 2.05) is 35.2 Å². The Kier molecular flexibility index (Phi) is 5.91. The van der Waals surface area contributed by atoms with Gasteiger partial charge < -0.3 is 19.2 Å². The summed E-state index contributed by atoms with van der Waals surface area (Å²) in [6, 6.07) is 14.2. The second-order valence-corrected chi connectivity index (χ2v) is 9.80. The van der Waals surface area contributed by atoms with Crippen LogP contribution in [0.1, 0.15) is 37.5 Å². The predicted molar refractivity (Wildman–Crippen MR) is 132 cm³/mol. The van der Waals surface area contributed by atoms with Crippen LogP contribution in [-0.2, 0) is 9.59 Å². The van der Waals surface area contributed by atoms with Crippen molar-refractivity contribution in [1.29, 1.82) is 0 Å². The van der Waals surface area contributed by atoms with Gasteiger partial charge >= 0.3 is 0 Å². The number of aromatic nitrogens is 2. The topological polar surface area (TPSA) is 82.8 Å². The number of carbonyl (C=O) groups is 2. The maximum Gasteiger partial charge on any atom is 0.230 e. The molecular weight excluding hydrogens is 461 g/mol. The van der Waals surface area contributed by atoms with Crippen molar-refractivity contribution in [2.45, 2.75) is 31.6 Å². The number of halogens is 1. The molecule has 0 unspecified atom stereocenters. The first-order chi connectivity index (χ1) is 17.6. The lowest BCUT2D eigenvalue weighted by Gasteiger charge is -2.37. The van der Waals surface area contributed by atoms with Crippen molar-refractivity contribution >= 4 is 23.2 Å². The summed E-state index contributed by atoms with van der Waals surface area (Å²) in [6.07, 6.45) is 3.54. The van der Waals surface area contributed by atoms with E-state index in [1.54, 1.807) is 21.9 Å². The highest BCUT2D eigenvalue weighted by Gasteiger charge is 2.38. The van der Waals surface area contributed by atoms with Crippen molar-refractivity contribution in [2.24, 2.45) is 5.92 Å². The quantitative estimate of drug-likeness (QED) is 0.542. The number of rotatable bonds is 5. The van der Waals surface area contributed by atoms with Crippen molar-refractivity contribution in [1.82, 2.24) is 15.0 Å². The Morgan fingerprint density at radius 2 is 1.83 bits per heavy atom. The molecule has 1 aromatic heterocycles. The minimum atomic E-state index is -0.392. The molecule has 3 aromatic rings. The van der Waals surface area contributed by atoms with E-state index in [2.05, 4.69) is 10.1 Å². The average molecular weight is 490 g/mol. The van der Waals surface area contributed by atoms with Crippen molar-refractivity contribution in [2.75, 3.05) is 42.5 Å². The Labute approximate surface area is 208 Å². The van der Waals surface area contributed by atoms with Gasteiger partial charge in [-0.05, 0) is 37.1 Å². The summed E-state index contributed by atoms with van der Waals surface area (Å²) < 4.78 is 19.6. The molecule has 1 saturated carbocycles. The van der Waals surface area contributed by atoms with E-state index in [0.29, 0.717) is 56.0 Å². The maximum atomic E-state index is 14.1. The molecule has 0 N–H and O–H groups in total. The van der Waals surface area contributed by atoms with Gasteiger partial charge in [-0.15, -0.1) is 0 Å². The molecule has 6 rings (SSSR count). The SMILES string of the molecule is O=C([C@@H]1CC(=O)N(c2cccc(-c3noc(C4CCC4)n3)c2)C1)N1CCN(c2ccccc2F)CC1. The Balaban J connectivity index is 1.10. The first kappa shape index (κ1) is 22.7. The molecule has 1 aliphatic carbocycles. The normalized spacial score (nSPS) is 20.6. The first-order valence-electron chi connectivity index (χ1n) is 12.6. The summed E-state index contributed by atoms with van der Waals surface area (Å²) in [5.41, 5.74) is 2.08. The van der Waals surface area contributed by atoms with Crippen LogP contribution in [-0.4, -0.2) is 59.6 Å². The molecule has 2 aromatic carbocycles. The summed E-state index contributed by atoms with van der Waals surface area (Å²) in [6.45, 7) is 2.48. The molecule has 1 atom stereocenters. The zero-order valence-corrected chi connectivity index (χ0v) is 20.0. The van der Waals surface area contributed by atoms with E-state index in [4.69, 9.17) is 4.52 Å². The highest BCUT2D eigenvalue weighted by atomic mass is 19.1. The van der Waals surface area contributed by atoms with Crippen LogP contribution < -0.4 is 9.80 Å². The Morgan fingerprint density at radius 1 is 1.03 bits per heavy atom. The van der Waals surface area contributed by atoms with E-state index in [1.165, 1.54) is 12.5 Å². The average Bonchev–Trinajstić information content (AvgIpc) is 3.50. The number of carbonyl (C=O) groups excluding carboxylic acids is 2. The van der Waals surface area contributed by atoms with Crippen LogP contribution in [0.15, 0.2) is 53.1 Å². The van der Waals surface area contributed by atoms with Crippen LogP contribution >= 0.6 is 0 Å². The summed E-state index contributed by atoms with van der Waals surface area (Å²) in [5, 5.41) is 4.14. The Hall–Kier alpha value is -3.75. The number of anilines is 2. The number of para-hydroxylation sites is 1. The van der Waals surface area contributed by atoms with E-state index >= 15 is 0 Å². The third-order valence-corrected chi connectivity index (χ3v) is 7.57. The predicted octanol–water partition coefficient (Wildman–Crippen LogP) is 3.84. The van der Waals surface area contributed by atoms with E-state index in [-0.39, 0.29) is 24.1 Å². The van der Waals surface area contributed by atoms with Gasteiger partial charge in [0.1, 0.15) is 5.82 Å². The lowest BCUT2D eigenvalue weighted by atomic mass is 9.85. The third kappa shape index (κ3) is 4.23. The lowest BCUT2D eigenvalue weighted by Crippen LogP contribution is -2.51. The van der Waals surface area contributed by atoms with Crippen LogP contribution in [0.5, 0.6) is 0 Å². The fraction of sp³-hybridized carbons (Fsp3) is 0.407. The van der Waals surface area contributed by atoms with Crippen molar-refractivity contribution < 1.29 is 18.5 Å². The standard InChI is InChI=1S/C27H28FN5O3/c28-22-9-1-2-10-23(22)31-11-13-32(14-12-31)27(35)20-16-24(34)33(17-20)21-8-4-7-19(15-21)25-29-26(36-30-25)18-5-3-6-18/h1-2,4,7-10,15,18,20H,3,5-6,11-14,16-17H2/t20-/m1/s1. The van der Waals surface area contributed by atoms with Gasteiger partial charge in [0, 0.05) is 56.3 Å². The number of hydrogen-bond acceptors (Lipinski definition) is 6. The summed E-state index contributed by atoms with van der Waals surface area (Å²) >= 11 is 0. The first-order valence-corrected chi connectivity index (χ1v) is 12.6. The van der Waals surface area contributed by atoms with Crippen molar-refractivity contribution in [3.8, 4) is 11.4 Å². The molecule has 3 fully saturated rings. The number of benzene rings is 2. The molecule has 36 heavy (non-hydrogen) atoms. The Bertz CT molecular complexity index is 1280. The second kappa shape index (κ2) is 9.37. The molecule has 0 spiro atoms. The van der Waals surface area contributed by atoms with Gasteiger partial charge in [0.05, 0.1) is 11.6 Å². The molecule has 2 aliphatic heterocycles. The van der Waals surface area contributed by atoms with E-state index < -0.39 is 5.92 Å². The molecule has 2 saturated heterocycles. The zero-order valence-electron chi connectivity index (χ0n) is 20.0. The molecule has 0 bridgehead atoms. The highest BCUT2D eigenvalue weighted by molar-refractivity contribution is 6.00. The second-order valence-electron chi connectivity index (χ2n) is 9.80. The summed E-state index contributed by atoms with van der Waals surface area (Å²) in [4.78, 5) is 36.1. The van der Waals surface area contributed by atoms with Gasteiger partial charge in [-0.1, -0.05) is 35.8 Å². The fourth-order valence-corrected chi connectivity index (χ4v) is 5.24. The van der Waals surface area contributed by atoms with Gasteiger partial charge in [-0.2, -0.15) is 4.98 Å². The van der Waals surface area contributed by atoms with Crippen LogP contribution in [0.3, 0.4) is 0 Å². The third-order valence-electron chi connectivity index (χ3n) is 7.57. The largest absolute Gasteiger partial charge is 0.366 e. The number of nitrogens with zero attached hydrogens (tertiary/aromatic N) is 5. The smallest absolute Gasteiger partial charge is 0.230 e. The lowest BCUT2D eigenvalue weighted by molar-refractivity contribution is -0.136. The van der Waals surface area contributed by atoms with Crippen molar-refractivity contribution in [3.05, 3.63) is 60.2 Å². The van der Waals surface area contributed by atoms with E-state index in [0.717, 1.165) is 24.1 Å². The molecule has 2 amide bonds. The monoisotopic (exact) mass is 489 g/mol. The highest BCUT2D eigenvalue weighted by Crippen LogP contribution is 2.36. The van der Waals surface area contributed by atoms with Crippen LogP contribution in [0.4, 0.5) is 15.8 Å². The van der Waals surface area contributed by atoms with Gasteiger partial charge in [0.2, 0.25) is 23.5 Å². The summed E-state index contributed by atoms with van der Waals surface area (Å²) in [5.74, 6) is 0.825. The van der Waals surface area contributed by atoms with Gasteiger partial charge in [0.25, 0.3) is 0 Å². The molecule has 3 heterocycles. The molecular formula is C27H28FN5O3. The van der Waals surface area contributed by atoms with Gasteiger partial charge in [-0.25, -0.2) is 4.39 Å². The van der Waals surface area contributed by atoms with Crippen LogP contribution in [0.2, 0.25) is 0 Å². The minimum Gasteiger partial charge on any atom is -0.366 e. The van der Waals surface area contributed by atoms with Crippen LogP contribution in [0.25, 0.3) is 11.4 Å². The molecule has 0 radical (unpaired) electrons.